The van der Waals surface area contributed by atoms with Crippen LogP contribution >= 0.6 is 11.3 Å². The van der Waals surface area contributed by atoms with E-state index < -0.39 is 0 Å². The van der Waals surface area contributed by atoms with Gasteiger partial charge in [-0.25, -0.2) is 14.4 Å². The molecule has 0 bridgehead atoms. The van der Waals surface area contributed by atoms with Crippen LogP contribution in [0.15, 0.2) is 41.9 Å². The Morgan fingerprint density at radius 1 is 1.19 bits per heavy atom. The minimum Gasteiger partial charge on any atom is -0.492 e. The zero-order valence-corrected chi connectivity index (χ0v) is 12.0. The molecule has 4 nitrogen and oxygen atoms in total. The molecule has 0 aliphatic carbocycles. The van der Waals surface area contributed by atoms with Gasteiger partial charge in [0.25, 0.3) is 0 Å². The van der Waals surface area contributed by atoms with Gasteiger partial charge >= 0.3 is 0 Å². The third kappa shape index (κ3) is 2.57. The standard InChI is InChI=1S/C15H12FN3OS/c1-20-13-11(6-7-18-14(13)17)12-8-21-15(19-12)9-2-4-10(16)5-3-9/h2-8H,1H3,(H2,17,18). The first kappa shape index (κ1) is 13.5. The molecule has 106 valence electrons. The summed E-state index contributed by atoms with van der Waals surface area (Å²) < 4.78 is 18.3. The quantitative estimate of drug-likeness (QED) is 0.803. The minimum atomic E-state index is -0.265. The molecule has 2 heterocycles. The van der Waals surface area contributed by atoms with Crippen LogP contribution in [0, 0.1) is 5.82 Å². The number of nitrogens with zero attached hydrogens (tertiary/aromatic N) is 2. The smallest absolute Gasteiger partial charge is 0.170 e. The Bertz CT molecular complexity index is 771. The molecule has 0 aliphatic heterocycles. The van der Waals surface area contributed by atoms with Crippen LogP contribution in [0.4, 0.5) is 10.2 Å². The van der Waals surface area contributed by atoms with Gasteiger partial charge in [0, 0.05) is 22.7 Å². The van der Waals surface area contributed by atoms with Crippen molar-refractivity contribution in [2.75, 3.05) is 12.8 Å². The van der Waals surface area contributed by atoms with Crippen molar-refractivity contribution in [3.63, 3.8) is 0 Å². The molecular weight excluding hydrogens is 289 g/mol. The molecule has 0 unspecified atom stereocenters. The van der Waals surface area contributed by atoms with Crippen molar-refractivity contribution in [3.8, 4) is 27.6 Å². The third-order valence-corrected chi connectivity index (χ3v) is 3.90. The van der Waals surface area contributed by atoms with Gasteiger partial charge in [0.05, 0.1) is 12.8 Å². The van der Waals surface area contributed by atoms with Gasteiger partial charge in [0.2, 0.25) is 0 Å². The molecule has 0 amide bonds. The summed E-state index contributed by atoms with van der Waals surface area (Å²) >= 11 is 1.48. The Hall–Kier alpha value is -2.47. The predicted octanol–water partition coefficient (Wildman–Crippen LogP) is 3.60. The fraction of sp³-hybridized carbons (Fsp3) is 0.0667. The van der Waals surface area contributed by atoms with E-state index in [9.17, 15) is 4.39 Å². The van der Waals surface area contributed by atoms with Crippen LogP contribution in [0.2, 0.25) is 0 Å². The number of pyridine rings is 1. The lowest BCUT2D eigenvalue weighted by molar-refractivity contribution is 0.417. The second kappa shape index (κ2) is 5.49. The van der Waals surface area contributed by atoms with E-state index in [1.54, 1.807) is 31.5 Å². The van der Waals surface area contributed by atoms with Crippen molar-refractivity contribution < 1.29 is 9.13 Å². The van der Waals surface area contributed by atoms with Gasteiger partial charge in [-0.15, -0.1) is 11.3 Å². The summed E-state index contributed by atoms with van der Waals surface area (Å²) in [6.07, 6.45) is 1.62. The highest BCUT2D eigenvalue weighted by Crippen LogP contribution is 2.35. The first-order valence-corrected chi connectivity index (χ1v) is 7.07. The summed E-state index contributed by atoms with van der Waals surface area (Å²) in [6.45, 7) is 0. The van der Waals surface area contributed by atoms with Crippen LogP contribution in [0.25, 0.3) is 21.8 Å². The summed E-state index contributed by atoms with van der Waals surface area (Å²) in [6, 6.07) is 8.05. The van der Waals surface area contributed by atoms with Crippen molar-refractivity contribution in [1.29, 1.82) is 0 Å². The van der Waals surface area contributed by atoms with Gasteiger partial charge in [-0.3, -0.25) is 0 Å². The van der Waals surface area contributed by atoms with Gasteiger partial charge in [-0.1, -0.05) is 0 Å². The lowest BCUT2D eigenvalue weighted by Gasteiger charge is -2.07. The molecule has 0 spiro atoms. The third-order valence-electron chi connectivity index (χ3n) is 3.01. The van der Waals surface area contributed by atoms with Gasteiger partial charge in [-0.2, -0.15) is 0 Å². The SMILES string of the molecule is COc1c(-c2csc(-c3ccc(F)cc3)n2)ccnc1N. The lowest BCUT2D eigenvalue weighted by atomic mass is 10.2. The van der Waals surface area contributed by atoms with Crippen LogP contribution in [0.1, 0.15) is 0 Å². The van der Waals surface area contributed by atoms with Crippen molar-refractivity contribution in [2.24, 2.45) is 0 Å². The van der Waals surface area contributed by atoms with Crippen LogP contribution < -0.4 is 10.5 Å². The number of aromatic nitrogens is 2. The zero-order chi connectivity index (χ0) is 14.8. The maximum absolute atomic E-state index is 13.0. The maximum atomic E-state index is 13.0. The number of hydrogen-bond donors (Lipinski definition) is 1. The molecule has 3 rings (SSSR count). The van der Waals surface area contributed by atoms with Crippen molar-refractivity contribution >= 4 is 17.2 Å². The summed E-state index contributed by atoms with van der Waals surface area (Å²) in [5, 5.41) is 2.72. The van der Waals surface area contributed by atoms with E-state index in [0.717, 1.165) is 21.8 Å². The number of nitrogen functional groups attached to an aromatic ring is 1. The van der Waals surface area contributed by atoms with Gasteiger partial charge in [0.1, 0.15) is 10.8 Å². The van der Waals surface area contributed by atoms with Gasteiger partial charge < -0.3 is 10.5 Å². The number of methoxy groups -OCH3 is 1. The molecule has 0 aliphatic rings. The maximum Gasteiger partial charge on any atom is 0.170 e. The number of hydrogen-bond acceptors (Lipinski definition) is 5. The molecule has 6 heteroatoms. The Balaban J connectivity index is 2.03. The van der Waals surface area contributed by atoms with Crippen LogP contribution in [-0.4, -0.2) is 17.1 Å². The molecule has 2 N–H and O–H groups in total. The first-order valence-electron chi connectivity index (χ1n) is 6.19. The van der Waals surface area contributed by atoms with Crippen LogP contribution in [0.5, 0.6) is 5.75 Å². The molecular formula is C15H12FN3OS. The Labute approximate surface area is 125 Å². The lowest BCUT2D eigenvalue weighted by Crippen LogP contribution is -1.97. The van der Waals surface area contributed by atoms with Gasteiger partial charge in [0.15, 0.2) is 11.6 Å². The number of ether oxygens (including phenoxy) is 1. The fourth-order valence-electron chi connectivity index (χ4n) is 2.00. The molecule has 0 saturated heterocycles. The number of halogens is 1. The van der Waals surface area contributed by atoms with E-state index in [-0.39, 0.29) is 5.82 Å². The number of nitrogens with two attached hydrogens (primary N) is 1. The minimum absolute atomic E-state index is 0.265. The Morgan fingerprint density at radius 2 is 1.95 bits per heavy atom. The molecule has 1 aromatic carbocycles. The number of rotatable bonds is 3. The average Bonchev–Trinajstić information content (AvgIpc) is 2.97. The van der Waals surface area contributed by atoms with E-state index in [1.165, 1.54) is 23.5 Å². The second-order valence-electron chi connectivity index (χ2n) is 4.32. The van der Waals surface area contributed by atoms with E-state index >= 15 is 0 Å². The molecule has 0 fully saturated rings. The number of benzene rings is 1. The van der Waals surface area contributed by atoms with Gasteiger partial charge in [-0.05, 0) is 30.3 Å². The monoisotopic (exact) mass is 301 g/mol. The van der Waals surface area contributed by atoms with E-state index in [4.69, 9.17) is 10.5 Å². The largest absolute Gasteiger partial charge is 0.492 e. The molecule has 3 aromatic rings. The normalized spacial score (nSPS) is 10.6. The van der Waals surface area contributed by atoms with E-state index in [0.29, 0.717) is 11.6 Å². The Morgan fingerprint density at radius 3 is 2.67 bits per heavy atom. The molecule has 0 atom stereocenters. The van der Waals surface area contributed by atoms with Crippen molar-refractivity contribution in [1.82, 2.24) is 9.97 Å². The second-order valence-corrected chi connectivity index (χ2v) is 5.18. The number of anilines is 1. The summed E-state index contributed by atoms with van der Waals surface area (Å²) in [7, 11) is 1.55. The summed E-state index contributed by atoms with van der Waals surface area (Å²) in [5.74, 6) is 0.568. The fourth-order valence-corrected chi connectivity index (χ4v) is 2.83. The zero-order valence-electron chi connectivity index (χ0n) is 11.2. The van der Waals surface area contributed by atoms with E-state index in [1.807, 2.05) is 5.38 Å². The Kier molecular flexibility index (Phi) is 3.53. The summed E-state index contributed by atoms with van der Waals surface area (Å²) in [4.78, 5) is 8.56. The highest BCUT2D eigenvalue weighted by molar-refractivity contribution is 7.13. The molecule has 21 heavy (non-hydrogen) atoms. The molecule has 0 radical (unpaired) electrons. The predicted molar refractivity (Wildman–Crippen MR) is 81.7 cm³/mol. The van der Waals surface area contributed by atoms with Crippen molar-refractivity contribution in [3.05, 3.63) is 47.7 Å². The first-order chi connectivity index (χ1) is 10.2. The van der Waals surface area contributed by atoms with Crippen LogP contribution in [-0.2, 0) is 0 Å². The number of thiazole rings is 1. The molecule has 0 saturated carbocycles. The highest BCUT2D eigenvalue weighted by Gasteiger charge is 2.13. The van der Waals surface area contributed by atoms with Crippen molar-refractivity contribution in [2.45, 2.75) is 0 Å². The average molecular weight is 301 g/mol. The molecule has 2 aromatic heterocycles. The van der Waals surface area contributed by atoms with E-state index in [2.05, 4.69) is 9.97 Å². The van der Waals surface area contributed by atoms with Crippen LogP contribution in [0.3, 0.4) is 0 Å². The topological polar surface area (TPSA) is 61.0 Å². The summed E-state index contributed by atoms with van der Waals surface area (Å²) in [5.41, 5.74) is 8.21. The highest BCUT2D eigenvalue weighted by atomic mass is 32.1.